The number of likely N-dealkylation sites (tertiary alicyclic amines) is 1. The molecule has 5 nitrogen and oxygen atoms in total. The van der Waals surface area contributed by atoms with Crippen molar-refractivity contribution in [1.29, 1.82) is 0 Å². The van der Waals surface area contributed by atoms with Crippen molar-refractivity contribution in [3.05, 3.63) is 65.0 Å². The van der Waals surface area contributed by atoms with Crippen LogP contribution >= 0.6 is 11.3 Å². The van der Waals surface area contributed by atoms with E-state index in [-0.39, 0.29) is 0 Å². The lowest BCUT2D eigenvalue weighted by molar-refractivity contribution is 0.224. The topological polar surface area (TPSA) is 55.1 Å². The summed E-state index contributed by atoms with van der Waals surface area (Å²) in [5, 5.41) is 9.71. The summed E-state index contributed by atoms with van der Waals surface area (Å²) < 4.78 is 7.20. The van der Waals surface area contributed by atoms with E-state index in [0.29, 0.717) is 24.4 Å². The fourth-order valence-corrected chi connectivity index (χ4v) is 4.85. The molecule has 0 radical (unpaired) electrons. The molecule has 27 heavy (non-hydrogen) atoms. The molecule has 5 rings (SSSR count). The molecule has 1 aliphatic heterocycles. The summed E-state index contributed by atoms with van der Waals surface area (Å²) in [5.41, 5.74) is 3.24. The number of thiazole rings is 1. The molecule has 0 amide bonds. The molecule has 1 atom stereocenters. The van der Waals surface area contributed by atoms with Crippen LogP contribution in [-0.2, 0) is 6.54 Å². The minimum atomic E-state index is 0.330. The summed E-state index contributed by atoms with van der Waals surface area (Å²) in [4.78, 5) is 7.27. The average molecular weight is 376 g/mol. The van der Waals surface area contributed by atoms with E-state index in [0.717, 1.165) is 24.0 Å². The first kappa shape index (κ1) is 16.6. The molecule has 6 heteroatoms. The number of aryl methyl sites for hydroxylation is 1. The Balaban J connectivity index is 1.37. The first-order valence-electron chi connectivity index (χ1n) is 9.25. The van der Waals surface area contributed by atoms with Gasteiger partial charge in [-0.05, 0) is 50.6 Å². The first-order valence-corrected chi connectivity index (χ1v) is 10.1. The second-order valence-corrected chi connectivity index (χ2v) is 8.08. The molecule has 0 saturated carbocycles. The molecular formula is C21H20N4OS. The van der Waals surface area contributed by atoms with Gasteiger partial charge in [0.05, 0.1) is 22.8 Å². The fraction of sp³-hybridized carbons (Fsp3) is 0.286. The molecular weight excluding hydrogens is 356 g/mol. The van der Waals surface area contributed by atoms with Gasteiger partial charge in [0.1, 0.15) is 5.01 Å². The monoisotopic (exact) mass is 376 g/mol. The number of rotatable bonds is 4. The van der Waals surface area contributed by atoms with Crippen LogP contribution in [0, 0.1) is 6.92 Å². The zero-order valence-corrected chi connectivity index (χ0v) is 15.9. The van der Waals surface area contributed by atoms with E-state index in [9.17, 15) is 0 Å². The predicted molar refractivity (Wildman–Crippen MR) is 106 cm³/mol. The molecule has 0 aliphatic carbocycles. The van der Waals surface area contributed by atoms with E-state index in [1.807, 2.05) is 18.2 Å². The zero-order chi connectivity index (χ0) is 18.2. The third-order valence-electron chi connectivity index (χ3n) is 5.03. The Labute approximate surface area is 161 Å². The van der Waals surface area contributed by atoms with Crippen molar-refractivity contribution < 1.29 is 4.42 Å². The molecule has 2 aromatic heterocycles. The Morgan fingerprint density at radius 2 is 2.07 bits per heavy atom. The van der Waals surface area contributed by atoms with Crippen LogP contribution in [0.4, 0.5) is 0 Å². The Morgan fingerprint density at radius 3 is 2.96 bits per heavy atom. The highest BCUT2D eigenvalue weighted by atomic mass is 32.1. The number of hydrogen-bond acceptors (Lipinski definition) is 6. The summed E-state index contributed by atoms with van der Waals surface area (Å²) in [6.07, 6.45) is 2.29. The first-order chi connectivity index (χ1) is 13.3. The molecule has 3 heterocycles. The standard InChI is InChI=1S/C21H20N4OS/c1-14-6-4-7-15(12-14)20-24-23-19(26-20)13-25-11-5-9-17(25)21-22-16-8-2-3-10-18(16)27-21/h2-4,6-8,10,12,17H,5,9,11,13H2,1H3. The van der Waals surface area contributed by atoms with Crippen molar-refractivity contribution in [1.82, 2.24) is 20.1 Å². The molecule has 1 unspecified atom stereocenters. The smallest absolute Gasteiger partial charge is 0.247 e. The summed E-state index contributed by atoms with van der Waals surface area (Å²) in [7, 11) is 0. The molecule has 0 spiro atoms. The number of benzene rings is 2. The van der Waals surface area contributed by atoms with Crippen LogP contribution in [0.15, 0.2) is 52.9 Å². The molecule has 4 aromatic rings. The van der Waals surface area contributed by atoms with Gasteiger partial charge in [0.2, 0.25) is 11.8 Å². The third kappa shape index (κ3) is 3.26. The minimum absolute atomic E-state index is 0.330. The Morgan fingerprint density at radius 1 is 1.15 bits per heavy atom. The van der Waals surface area contributed by atoms with Crippen molar-refractivity contribution in [3.63, 3.8) is 0 Å². The predicted octanol–water partition coefficient (Wildman–Crippen LogP) is 4.99. The summed E-state index contributed by atoms with van der Waals surface area (Å²) in [6, 6.07) is 16.8. The maximum Gasteiger partial charge on any atom is 0.247 e. The quantitative estimate of drug-likeness (QED) is 0.502. The molecule has 0 N–H and O–H groups in total. The van der Waals surface area contributed by atoms with Crippen LogP contribution in [-0.4, -0.2) is 26.6 Å². The maximum absolute atomic E-state index is 5.95. The van der Waals surface area contributed by atoms with E-state index in [1.54, 1.807) is 11.3 Å². The molecule has 1 saturated heterocycles. The van der Waals surface area contributed by atoms with E-state index >= 15 is 0 Å². The van der Waals surface area contributed by atoms with Gasteiger partial charge in [-0.25, -0.2) is 4.98 Å². The lowest BCUT2D eigenvalue weighted by Crippen LogP contribution is -2.22. The van der Waals surface area contributed by atoms with E-state index in [2.05, 4.69) is 52.4 Å². The third-order valence-corrected chi connectivity index (χ3v) is 6.17. The van der Waals surface area contributed by atoms with E-state index in [1.165, 1.54) is 21.7 Å². The van der Waals surface area contributed by atoms with Gasteiger partial charge in [-0.3, -0.25) is 4.90 Å². The van der Waals surface area contributed by atoms with Crippen LogP contribution in [0.1, 0.15) is 35.3 Å². The van der Waals surface area contributed by atoms with Crippen LogP contribution in [0.25, 0.3) is 21.7 Å². The van der Waals surface area contributed by atoms with E-state index in [4.69, 9.17) is 9.40 Å². The number of aromatic nitrogens is 3. The van der Waals surface area contributed by atoms with Gasteiger partial charge in [-0.15, -0.1) is 21.5 Å². The largest absolute Gasteiger partial charge is 0.419 e. The van der Waals surface area contributed by atoms with Crippen molar-refractivity contribution in [2.24, 2.45) is 0 Å². The van der Waals surface area contributed by atoms with Gasteiger partial charge in [0.25, 0.3) is 0 Å². The lowest BCUT2D eigenvalue weighted by atomic mass is 10.1. The molecule has 1 aliphatic rings. The van der Waals surface area contributed by atoms with Crippen molar-refractivity contribution in [3.8, 4) is 11.5 Å². The van der Waals surface area contributed by atoms with Gasteiger partial charge >= 0.3 is 0 Å². The van der Waals surface area contributed by atoms with Crippen LogP contribution in [0.2, 0.25) is 0 Å². The minimum Gasteiger partial charge on any atom is -0.419 e. The Hall–Kier alpha value is -2.57. The second-order valence-electron chi connectivity index (χ2n) is 7.02. The van der Waals surface area contributed by atoms with Crippen molar-refractivity contribution in [2.45, 2.75) is 32.4 Å². The van der Waals surface area contributed by atoms with Gasteiger partial charge in [0.15, 0.2) is 0 Å². The van der Waals surface area contributed by atoms with Crippen molar-refractivity contribution >= 4 is 21.6 Å². The summed E-state index contributed by atoms with van der Waals surface area (Å²) in [6.45, 7) is 3.76. The van der Waals surface area contributed by atoms with Gasteiger partial charge in [-0.1, -0.05) is 29.8 Å². The zero-order valence-electron chi connectivity index (χ0n) is 15.1. The summed E-state index contributed by atoms with van der Waals surface area (Å²) >= 11 is 1.79. The molecule has 0 bridgehead atoms. The molecule has 136 valence electrons. The Bertz CT molecular complexity index is 1050. The number of para-hydroxylation sites is 1. The molecule has 2 aromatic carbocycles. The SMILES string of the molecule is Cc1cccc(-c2nnc(CN3CCCC3c3nc4ccccc4s3)o2)c1. The van der Waals surface area contributed by atoms with Crippen LogP contribution in [0.3, 0.4) is 0 Å². The van der Waals surface area contributed by atoms with Gasteiger partial charge < -0.3 is 4.42 Å². The molecule has 1 fully saturated rings. The maximum atomic E-state index is 5.95. The number of hydrogen-bond donors (Lipinski definition) is 0. The lowest BCUT2D eigenvalue weighted by Gasteiger charge is -2.20. The van der Waals surface area contributed by atoms with Crippen LogP contribution in [0.5, 0.6) is 0 Å². The number of nitrogens with zero attached hydrogens (tertiary/aromatic N) is 4. The highest BCUT2D eigenvalue weighted by Crippen LogP contribution is 2.37. The number of fused-ring (bicyclic) bond motifs is 1. The van der Waals surface area contributed by atoms with E-state index < -0.39 is 0 Å². The average Bonchev–Trinajstić information content (AvgIpc) is 3.41. The van der Waals surface area contributed by atoms with Crippen molar-refractivity contribution in [2.75, 3.05) is 6.54 Å². The highest BCUT2D eigenvalue weighted by molar-refractivity contribution is 7.18. The normalized spacial score (nSPS) is 17.7. The summed E-state index contributed by atoms with van der Waals surface area (Å²) in [5.74, 6) is 1.25. The van der Waals surface area contributed by atoms with Crippen LogP contribution < -0.4 is 0 Å². The highest BCUT2D eigenvalue weighted by Gasteiger charge is 2.30. The van der Waals surface area contributed by atoms with Gasteiger partial charge in [-0.2, -0.15) is 0 Å². The second kappa shape index (κ2) is 6.87. The van der Waals surface area contributed by atoms with Gasteiger partial charge in [0, 0.05) is 5.56 Å². The fourth-order valence-electron chi connectivity index (χ4n) is 3.71. The Kier molecular flexibility index (Phi) is 4.22.